The molecule has 29 heavy (non-hydrogen) atoms. The van der Waals surface area contributed by atoms with Crippen LogP contribution in [0.15, 0.2) is 11.6 Å². The molecule has 0 aliphatic heterocycles. The number of carbonyl (C=O) groups is 2. The summed E-state index contributed by atoms with van der Waals surface area (Å²) in [5.41, 5.74) is 1.65. The van der Waals surface area contributed by atoms with Gasteiger partial charge in [0.1, 0.15) is 0 Å². The van der Waals surface area contributed by atoms with Crippen LogP contribution in [0.2, 0.25) is 0 Å². The number of aliphatic carboxylic acids is 1. The number of hydrogen-bond donors (Lipinski definition) is 1. The molecule has 0 aromatic carbocycles. The van der Waals surface area contributed by atoms with E-state index in [1.807, 2.05) is 0 Å². The van der Waals surface area contributed by atoms with Crippen LogP contribution in [0.1, 0.15) is 91.9 Å². The van der Waals surface area contributed by atoms with Crippen molar-refractivity contribution in [1.29, 1.82) is 0 Å². The normalized spacial score (nSPS) is 46.7. The zero-order chi connectivity index (χ0) is 21.0. The summed E-state index contributed by atoms with van der Waals surface area (Å²) in [5, 5.41) is 9.13. The molecule has 0 radical (unpaired) electrons. The fraction of sp³-hybridized carbons (Fsp3) is 0.846. The van der Waals surface area contributed by atoms with Gasteiger partial charge in [-0.1, -0.05) is 39.7 Å². The van der Waals surface area contributed by atoms with E-state index >= 15 is 0 Å². The molecule has 4 rings (SSSR count). The molecule has 0 spiro atoms. The Morgan fingerprint density at radius 3 is 2.52 bits per heavy atom. The van der Waals surface area contributed by atoms with Gasteiger partial charge in [-0.2, -0.15) is 0 Å². The highest BCUT2D eigenvalue weighted by Crippen LogP contribution is 2.68. The minimum atomic E-state index is -0.684. The lowest BCUT2D eigenvalue weighted by Gasteiger charge is -2.60. The third kappa shape index (κ3) is 3.13. The lowest BCUT2D eigenvalue weighted by atomic mass is 9.43. The first-order valence-corrected chi connectivity index (χ1v) is 12.2. The van der Waals surface area contributed by atoms with Gasteiger partial charge in [0.25, 0.3) is 0 Å². The van der Waals surface area contributed by atoms with Crippen molar-refractivity contribution in [3.63, 3.8) is 0 Å². The molecule has 0 aromatic heterocycles. The molecule has 0 heterocycles. The number of ketones is 1. The Morgan fingerprint density at radius 1 is 1.10 bits per heavy atom. The zero-order valence-corrected chi connectivity index (χ0v) is 18.9. The molecule has 0 saturated heterocycles. The van der Waals surface area contributed by atoms with E-state index in [9.17, 15) is 9.59 Å². The second-order valence-electron chi connectivity index (χ2n) is 11.3. The first-order chi connectivity index (χ1) is 13.7. The monoisotopic (exact) mass is 400 g/mol. The van der Waals surface area contributed by atoms with E-state index in [1.54, 1.807) is 0 Å². The van der Waals surface area contributed by atoms with E-state index < -0.39 is 5.97 Å². The molecule has 0 bridgehead atoms. The molecular weight excluding hydrogens is 360 g/mol. The van der Waals surface area contributed by atoms with E-state index in [0.717, 1.165) is 18.4 Å². The Hall–Kier alpha value is -1.12. The maximum atomic E-state index is 13.8. The molecular formula is C26H40O3. The predicted molar refractivity (Wildman–Crippen MR) is 115 cm³/mol. The molecule has 162 valence electrons. The lowest BCUT2D eigenvalue weighted by molar-refractivity contribution is -0.146. The summed E-state index contributed by atoms with van der Waals surface area (Å²) in [6.07, 6.45) is 13.0. The predicted octanol–water partition coefficient (Wildman–Crippen LogP) is 6.27. The molecule has 3 nitrogen and oxygen atoms in total. The minimum absolute atomic E-state index is 0.200. The Labute approximate surface area is 176 Å². The van der Waals surface area contributed by atoms with Gasteiger partial charge in [0.05, 0.1) is 0 Å². The summed E-state index contributed by atoms with van der Waals surface area (Å²) < 4.78 is 0. The first-order valence-electron chi connectivity index (χ1n) is 12.2. The third-order valence-electron chi connectivity index (χ3n) is 10.2. The van der Waals surface area contributed by atoms with Crippen LogP contribution in [0.25, 0.3) is 0 Å². The van der Waals surface area contributed by atoms with Crippen molar-refractivity contribution < 1.29 is 14.7 Å². The van der Waals surface area contributed by atoms with Crippen molar-refractivity contribution in [3.8, 4) is 0 Å². The van der Waals surface area contributed by atoms with Crippen LogP contribution < -0.4 is 0 Å². The summed E-state index contributed by atoms with van der Waals surface area (Å²) in [5.74, 6) is 2.51. The van der Waals surface area contributed by atoms with Crippen molar-refractivity contribution in [2.45, 2.75) is 91.9 Å². The van der Waals surface area contributed by atoms with Crippen molar-refractivity contribution in [1.82, 2.24) is 0 Å². The van der Waals surface area contributed by atoms with Gasteiger partial charge >= 0.3 is 5.97 Å². The molecule has 4 fully saturated rings. The average molecular weight is 401 g/mol. The van der Waals surface area contributed by atoms with Crippen LogP contribution in [0.3, 0.4) is 0 Å². The van der Waals surface area contributed by atoms with Crippen LogP contribution >= 0.6 is 0 Å². The number of carboxylic acid groups (broad SMARTS) is 1. The smallest absolute Gasteiger partial charge is 0.303 e. The van der Waals surface area contributed by atoms with Crippen LogP contribution in [0.5, 0.6) is 0 Å². The SMILES string of the molecule is C/C=C1/C(=O)C2C3CCC([C@H](C)CCC(=O)O)C3(C)CCC2[C@@]2(C)CCCC[C@@H]12. The largest absolute Gasteiger partial charge is 0.481 e. The molecule has 4 saturated carbocycles. The van der Waals surface area contributed by atoms with Crippen LogP contribution in [-0.4, -0.2) is 16.9 Å². The maximum absolute atomic E-state index is 13.8. The summed E-state index contributed by atoms with van der Waals surface area (Å²) >= 11 is 0. The van der Waals surface area contributed by atoms with Gasteiger partial charge in [0.2, 0.25) is 0 Å². The van der Waals surface area contributed by atoms with Crippen molar-refractivity contribution in [3.05, 3.63) is 11.6 Å². The van der Waals surface area contributed by atoms with Gasteiger partial charge in [0.15, 0.2) is 5.78 Å². The number of fused-ring (bicyclic) bond motifs is 5. The maximum Gasteiger partial charge on any atom is 0.303 e. The number of Topliss-reactive ketones (excluding diaryl/α,β-unsaturated/α-hetero) is 1. The summed E-state index contributed by atoms with van der Waals surface area (Å²) in [6, 6.07) is 0. The second kappa shape index (κ2) is 7.54. The Morgan fingerprint density at radius 2 is 1.83 bits per heavy atom. The van der Waals surface area contributed by atoms with Gasteiger partial charge in [0, 0.05) is 12.3 Å². The van der Waals surface area contributed by atoms with Gasteiger partial charge in [-0.25, -0.2) is 0 Å². The minimum Gasteiger partial charge on any atom is -0.481 e. The van der Waals surface area contributed by atoms with Gasteiger partial charge < -0.3 is 5.11 Å². The van der Waals surface area contributed by atoms with E-state index in [1.165, 1.54) is 44.9 Å². The Balaban J connectivity index is 1.64. The van der Waals surface area contributed by atoms with Crippen molar-refractivity contribution in [2.75, 3.05) is 0 Å². The summed E-state index contributed by atoms with van der Waals surface area (Å²) in [6.45, 7) is 9.29. The number of carbonyl (C=O) groups excluding carboxylic acids is 1. The zero-order valence-electron chi connectivity index (χ0n) is 18.9. The fourth-order valence-electron chi connectivity index (χ4n) is 8.79. The number of rotatable bonds is 4. The summed E-state index contributed by atoms with van der Waals surface area (Å²) in [7, 11) is 0. The number of allylic oxidation sites excluding steroid dienone is 2. The van der Waals surface area contributed by atoms with Gasteiger partial charge in [-0.05, 0) is 97.9 Å². The number of hydrogen-bond acceptors (Lipinski definition) is 2. The van der Waals surface area contributed by atoms with Gasteiger partial charge in [-0.15, -0.1) is 0 Å². The Kier molecular flexibility index (Phi) is 5.49. The highest BCUT2D eigenvalue weighted by molar-refractivity contribution is 5.99. The summed E-state index contributed by atoms with van der Waals surface area (Å²) in [4.78, 5) is 24.9. The molecule has 0 aromatic rings. The average Bonchev–Trinajstić information content (AvgIpc) is 3.04. The first kappa shape index (κ1) is 21.1. The number of carboxylic acids is 1. The van der Waals surface area contributed by atoms with Crippen LogP contribution in [0.4, 0.5) is 0 Å². The standard InChI is InChI=1S/C26H40O3/c1-5-17-19-8-6-7-14-25(19,3)21-13-15-26(4)18(16(2)9-12-22(27)28)10-11-20(26)23(21)24(17)29/h5,16,18-21,23H,6-15H2,1-4H3,(H,27,28)/b17-5+/t16-,18?,19+,20?,21?,23?,25+,26?/m1/s1. The highest BCUT2D eigenvalue weighted by Gasteiger charge is 2.63. The Bertz CT molecular complexity index is 709. The third-order valence-corrected chi connectivity index (χ3v) is 10.2. The quantitative estimate of drug-likeness (QED) is 0.566. The van der Waals surface area contributed by atoms with E-state index in [0.29, 0.717) is 40.8 Å². The van der Waals surface area contributed by atoms with E-state index in [4.69, 9.17) is 5.11 Å². The molecule has 1 N–H and O–H groups in total. The highest BCUT2D eigenvalue weighted by atomic mass is 16.4. The molecule has 4 aliphatic carbocycles. The second-order valence-corrected chi connectivity index (χ2v) is 11.3. The van der Waals surface area contributed by atoms with Crippen molar-refractivity contribution >= 4 is 11.8 Å². The van der Waals surface area contributed by atoms with E-state index in [2.05, 4.69) is 33.8 Å². The topological polar surface area (TPSA) is 54.4 Å². The molecule has 8 atom stereocenters. The van der Waals surface area contributed by atoms with Gasteiger partial charge in [-0.3, -0.25) is 9.59 Å². The fourth-order valence-corrected chi connectivity index (χ4v) is 8.79. The lowest BCUT2D eigenvalue weighted by Crippen LogP contribution is -2.57. The van der Waals surface area contributed by atoms with Crippen LogP contribution in [-0.2, 0) is 9.59 Å². The van der Waals surface area contributed by atoms with Crippen LogP contribution in [0, 0.1) is 46.3 Å². The molecule has 5 unspecified atom stereocenters. The molecule has 0 amide bonds. The van der Waals surface area contributed by atoms with Crippen molar-refractivity contribution in [2.24, 2.45) is 46.3 Å². The van der Waals surface area contributed by atoms with E-state index in [-0.39, 0.29) is 17.8 Å². The molecule has 4 aliphatic rings. The molecule has 3 heteroatoms.